The average Bonchev–Trinajstić information content (AvgIpc) is 2.86. The summed E-state index contributed by atoms with van der Waals surface area (Å²) < 4.78 is 5.31. The summed E-state index contributed by atoms with van der Waals surface area (Å²) in [5.41, 5.74) is 1.10. The molecule has 2 N–H and O–H groups in total. The van der Waals surface area contributed by atoms with Crippen LogP contribution in [0.2, 0.25) is 0 Å². The second kappa shape index (κ2) is 5.98. The normalized spacial score (nSPS) is 24.2. The zero-order chi connectivity index (χ0) is 13.0. The van der Waals surface area contributed by atoms with Gasteiger partial charge in [-0.25, -0.2) is 0 Å². The van der Waals surface area contributed by atoms with E-state index >= 15 is 0 Å². The van der Waals surface area contributed by atoms with E-state index in [-0.39, 0.29) is 18.6 Å². The second-order valence-corrected chi connectivity index (χ2v) is 4.68. The zero-order valence-corrected chi connectivity index (χ0v) is 10.8. The Morgan fingerprint density at radius 2 is 2.39 bits per heavy atom. The van der Waals surface area contributed by atoms with Crippen LogP contribution in [-0.4, -0.2) is 29.8 Å². The number of hydrogen-bond acceptors (Lipinski definition) is 4. The first-order valence-corrected chi connectivity index (χ1v) is 6.27. The van der Waals surface area contributed by atoms with Crippen molar-refractivity contribution in [3.63, 3.8) is 0 Å². The van der Waals surface area contributed by atoms with E-state index in [1.807, 2.05) is 6.07 Å². The van der Waals surface area contributed by atoms with Crippen LogP contribution in [0.15, 0.2) is 30.6 Å². The molecule has 0 saturated carbocycles. The number of rotatable bonds is 5. The summed E-state index contributed by atoms with van der Waals surface area (Å²) in [6, 6.07) is 2.48. The molecule has 0 bridgehead atoms. The van der Waals surface area contributed by atoms with E-state index in [2.05, 4.69) is 29.4 Å². The third-order valence-electron chi connectivity index (χ3n) is 3.37. The minimum atomic E-state index is 0.190. The monoisotopic (exact) mass is 248 g/mol. The number of methoxy groups -OCH3 is 1. The maximum Gasteiger partial charge on any atom is 0.141 e. The highest BCUT2D eigenvalue weighted by Crippen LogP contribution is 2.26. The third-order valence-corrected chi connectivity index (χ3v) is 3.37. The lowest BCUT2D eigenvalue weighted by Gasteiger charge is -2.21. The van der Waals surface area contributed by atoms with E-state index in [0.29, 0.717) is 6.04 Å². The van der Waals surface area contributed by atoms with Gasteiger partial charge in [0.25, 0.3) is 0 Å². The predicted molar refractivity (Wildman–Crippen MR) is 70.5 cm³/mol. The van der Waals surface area contributed by atoms with Gasteiger partial charge < -0.3 is 15.2 Å². The SMILES string of the molecule is COc1cnccc1C(C)N[C@@H]1C=C[C@H](CO)C1. The van der Waals surface area contributed by atoms with Crippen molar-refractivity contribution in [1.29, 1.82) is 0 Å². The molecule has 0 aliphatic heterocycles. The van der Waals surface area contributed by atoms with Crippen LogP contribution in [0.4, 0.5) is 0 Å². The number of ether oxygens (including phenoxy) is 1. The minimum Gasteiger partial charge on any atom is -0.495 e. The molecule has 0 aromatic carbocycles. The van der Waals surface area contributed by atoms with Gasteiger partial charge in [0.05, 0.1) is 13.3 Å². The zero-order valence-electron chi connectivity index (χ0n) is 10.8. The molecule has 0 saturated heterocycles. The van der Waals surface area contributed by atoms with Crippen molar-refractivity contribution in [3.8, 4) is 5.75 Å². The van der Waals surface area contributed by atoms with Gasteiger partial charge in [0.1, 0.15) is 5.75 Å². The Bertz CT molecular complexity index is 420. The van der Waals surface area contributed by atoms with Crippen molar-refractivity contribution < 1.29 is 9.84 Å². The topological polar surface area (TPSA) is 54.4 Å². The quantitative estimate of drug-likeness (QED) is 0.778. The van der Waals surface area contributed by atoms with Gasteiger partial charge in [0, 0.05) is 36.4 Å². The first kappa shape index (κ1) is 13.1. The molecule has 1 unspecified atom stereocenters. The first-order chi connectivity index (χ1) is 8.74. The van der Waals surface area contributed by atoms with Crippen molar-refractivity contribution in [3.05, 3.63) is 36.2 Å². The average molecular weight is 248 g/mol. The Balaban J connectivity index is 2.00. The fourth-order valence-electron chi connectivity index (χ4n) is 2.36. The number of aromatic nitrogens is 1. The van der Waals surface area contributed by atoms with E-state index < -0.39 is 0 Å². The molecule has 3 atom stereocenters. The summed E-state index contributed by atoms with van der Waals surface area (Å²) in [5.74, 6) is 1.09. The molecule has 1 aliphatic carbocycles. The summed E-state index contributed by atoms with van der Waals surface area (Å²) in [7, 11) is 1.66. The van der Waals surface area contributed by atoms with Gasteiger partial charge in [0.2, 0.25) is 0 Å². The summed E-state index contributed by atoms with van der Waals surface area (Å²) >= 11 is 0. The molecule has 0 radical (unpaired) electrons. The molecule has 1 aromatic heterocycles. The first-order valence-electron chi connectivity index (χ1n) is 6.27. The van der Waals surface area contributed by atoms with Gasteiger partial charge in [-0.2, -0.15) is 0 Å². The molecule has 0 fully saturated rings. The summed E-state index contributed by atoms with van der Waals surface area (Å²) in [6.45, 7) is 2.33. The molecular weight excluding hydrogens is 228 g/mol. The van der Waals surface area contributed by atoms with E-state index in [9.17, 15) is 0 Å². The van der Waals surface area contributed by atoms with Crippen molar-refractivity contribution in [1.82, 2.24) is 10.3 Å². The van der Waals surface area contributed by atoms with Crippen molar-refractivity contribution in [2.45, 2.75) is 25.4 Å². The second-order valence-electron chi connectivity index (χ2n) is 4.68. The lowest BCUT2D eigenvalue weighted by Crippen LogP contribution is -2.29. The number of hydrogen-bond donors (Lipinski definition) is 2. The van der Waals surface area contributed by atoms with Gasteiger partial charge in [-0.3, -0.25) is 4.98 Å². The van der Waals surface area contributed by atoms with Crippen LogP contribution in [0.5, 0.6) is 5.75 Å². The molecule has 18 heavy (non-hydrogen) atoms. The molecular formula is C14H20N2O2. The largest absolute Gasteiger partial charge is 0.495 e. The van der Waals surface area contributed by atoms with Crippen LogP contribution in [0.25, 0.3) is 0 Å². The van der Waals surface area contributed by atoms with E-state index in [1.54, 1.807) is 19.5 Å². The Hall–Kier alpha value is -1.39. The smallest absolute Gasteiger partial charge is 0.141 e. The van der Waals surface area contributed by atoms with Crippen LogP contribution in [0, 0.1) is 5.92 Å². The number of nitrogens with zero attached hydrogens (tertiary/aromatic N) is 1. The summed E-state index contributed by atoms with van der Waals surface area (Å²) in [6.07, 6.45) is 8.67. The highest BCUT2D eigenvalue weighted by molar-refractivity contribution is 5.32. The van der Waals surface area contributed by atoms with Crippen LogP contribution < -0.4 is 10.1 Å². The third kappa shape index (κ3) is 2.89. The van der Waals surface area contributed by atoms with Crippen molar-refractivity contribution in [2.24, 2.45) is 5.92 Å². The molecule has 0 spiro atoms. The Morgan fingerprint density at radius 3 is 3.06 bits per heavy atom. The molecule has 1 aliphatic rings. The van der Waals surface area contributed by atoms with E-state index in [4.69, 9.17) is 9.84 Å². The highest BCUT2D eigenvalue weighted by Gasteiger charge is 2.21. The fourth-order valence-corrected chi connectivity index (χ4v) is 2.36. The Morgan fingerprint density at radius 1 is 1.56 bits per heavy atom. The molecule has 4 heteroatoms. The molecule has 2 rings (SSSR count). The van der Waals surface area contributed by atoms with Crippen molar-refractivity contribution in [2.75, 3.05) is 13.7 Å². The summed E-state index contributed by atoms with van der Waals surface area (Å²) in [4.78, 5) is 4.06. The lowest BCUT2D eigenvalue weighted by atomic mass is 10.1. The van der Waals surface area contributed by atoms with Crippen LogP contribution in [-0.2, 0) is 0 Å². The molecule has 4 nitrogen and oxygen atoms in total. The number of nitrogens with one attached hydrogen (secondary N) is 1. The number of pyridine rings is 1. The van der Waals surface area contributed by atoms with Gasteiger partial charge in [-0.15, -0.1) is 0 Å². The van der Waals surface area contributed by atoms with E-state index in [0.717, 1.165) is 17.7 Å². The number of aliphatic hydroxyl groups is 1. The Kier molecular flexibility index (Phi) is 4.33. The van der Waals surface area contributed by atoms with Gasteiger partial charge in [-0.1, -0.05) is 12.2 Å². The van der Waals surface area contributed by atoms with Gasteiger partial charge >= 0.3 is 0 Å². The van der Waals surface area contributed by atoms with Crippen molar-refractivity contribution >= 4 is 0 Å². The van der Waals surface area contributed by atoms with Gasteiger partial charge in [-0.05, 0) is 19.4 Å². The lowest BCUT2D eigenvalue weighted by molar-refractivity contribution is 0.245. The number of aliphatic hydroxyl groups excluding tert-OH is 1. The predicted octanol–water partition coefficient (Wildman–Crippen LogP) is 1.68. The maximum absolute atomic E-state index is 9.11. The highest BCUT2D eigenvalue weighted by atomic mass is 16.5. The van der Waals surface area contributed by atoms with E-state index in [1.165, 1.54) is 0 Å². The minimum absolute atomic E-state index is 0.190. The molecule has 1 aromatic rings. The van der Waals surface area contributed by atoms with Gasteiger partial charge in [0.15, 0.2) is 0 Å². The summed E-state index contributed by atoms with van der Waals surface area (Å²) in [5, 5.41) is 12.6. The standard InChI is InChI=1S/C14H20N2O2/c1-10(13-5-6-15-8-14(13)18-2)16-12-4-3-11(7-12)9-17/h3-6,8,10-12,16-17H,7,9H2,1-2H3/t10?,11-,12+/m0/s1. The Labute approximate surface area is 108 Å². The molecule has 1 heterocycles. The van der Waals surface area contributed by atoms with Crippen LogP contribution in [0.1, 0.15) is 24.9 Å². The fraction of sp³-hybridized carbons (Fsp3) is 0.500. The molecule has 0 amide bonds. The maximum atomic E-state index is 9.11. The molecule has 98 valence electrons. The van der Waals surface area contributed by atoms with Crippen LogP contribution >= 0.6 is 0 Å². The van der Waals surface area contributed by atoms with Crippen LogP contribution in [0.3, 0.4) is 0 Å².